The van der Waals surface area contributed by atoms with Gasteiger partial charge in [0.2, 0.25) is 0 Å². The summed E-state index contributed by atoms with van der Waals surface area (Å²) in [7, 11) is -1.96. The van der Waals surface area contributed by atoms with Crippen LogP contribution in [0, 0.1) is 0 Å². The number of nitrogens with one attached hydrogen (secondary N) is 1. The highest BCUT2D eigenvalue weighted by molar-refractivity contribution is 6.79. The van der Waals surface area contributed by atoms with E-state index in [0.29, 0.717) is 0 Å². The minimum atomic E-state index is -0.981. The van der Waals surface area contributed by atoms with E-state index < -0.39 is 16.5 Å². The molecule has 0 aromatic heterocycles. The summed E-state index contributed by atoms with van der Waals surface area (Å²) in [5.41, 5.74) is 0. The average molecular weight is 161 g/mol. The molecule has 0 aromatic carbocycles. The van der Waals surface area contributed by atoms with Gasteiger partial charge in [-0.3, -0.25) is 0 Å². The monoisotopic (exact) mass is 161 g/mol. The molecule has 0 saturated carbocycles. The third-order valence-electron chi connectivity index (χ3n) is 0.750. The van der Waals surface area contributed by atoms with E-state index in [1.165, 1.54) is 0 Å². The van der Waals surface area contributed by atoms with Gasteiger partial charge in [0, 0.05) is 0 Å². The fraction of sp³-hybridized carbons (Fsp3) is 1.00. The average Bonchev–Trinajstić information content (AvgIpc) is 1.14. The van der Waals surface area contributed by atoms with E-state index in [1.54, 1.807) is 0 Å². The summed E-state index contributed by atoms with van der Waals surface area (Å²) in [6.45, 7) is 14.1. The first kappa shape index (κ1) is 9.39. The van der Waals surface area contributed by atoms with Crippen molar-refractivity contribution >= 4 is 16.5 Å². The first-order valence-electron chi connectivity index (χ1n) is 3.50. The maximum Gasteiger partial charge on any atom is 0.300 e. The van der Waals surface area contributed by atoms with Gasteiger partial charge in [-0.25, -0.2) is 0 Å². The molecule has 0 spiro atoms. The van der Waals surface area contributed by atoms with Crippen molar-refractivity contribution in [2.75, 3.05) is 0 Å². The van der Waals surface area contributed by atoms with Crippen molar-refractivity contribution in [3.63, 3.8) is 0 Å². The lowest BCUT2D eigenvalue weighted by atomic mass is 11.8. The molecule has 0 atom stereocenters. The quantitative estimate of drug-likeness (QED) is 0.582. The molecule has 0 bridgehead atoms. The molecule has 0 aliphatic carbocycles. The molecule has 1 nitrogen and oxygen atoms in total. The van der Waals surface area contributed by atoms with Crippen molar-refractivity contribution in [3.8, 4) is 0 Å². The molecule has 0 fully saturated rings. The molecule has 0 rings (SSSR count). The lowest BCUT2D eigenvalue weighted by Gasteiger charge is -2.17. The number of hydrogen-bond donors (Lipinski definition) is 1. The van der Waals surface area contributed by atoms with Gasteiger partial charge in [0.15, 0.2) is 0 Å². The van der Waals surface area contributed by atoms with E-state index in [1.807, 2.05) is 0 Å². The Kier molecular flexibility index (Phi) is 2.67. The second kappa shape index (κ2) is 2.56. The predicted molar refractivity (Wildman–Crippen MR) is 47.7 cm³/mol. The molecule has 0 heterocycles. The van der Waals surface area contributed by atoms with Crippen molar-refractivity contribution in [2.24, 2.45) is 0 Å². The van der Waals surface area contributed by atoms with Crippen molar-refractivity contribution in [3.05, 3.63) is 0 Å². The topological polar surface area (TPSA) is 15.6 Å². The lowest BCUT2D eigenvalue weighted by molar-refractivity contribution is -0.386. The highest BCUT2D eigenvalue weighted by Crippen LogP contribution is 1.91. The molecule has 9 heavy (non-hydrogen) atoms. The summed E-state index contributed by atoms with van der Waals surface area (Å²) in [5, 5.41) is 0. The minimum absolute atomic E-state index is 0.981. The van der Waals surface area contributed by atoms with E-state index >= 15 is 0 Å². The predicted octanol–water partition coefficient (Wildman–Crippen LogP) is 1.01. The molecule has 0 unspecified atom stereocenters. The second-order valence-corrected chi connectivity index (χ2v) is 14.6. The van der Waals surface area contributed by atoms with Gasteiger partial charge in [-0.15, -0.1) is 0 Å². The maximum atomic E-state index is 3.74. The third-order valence-corrected chi connectivity index (χ3v) is 6.75. The molecular formula is C6H19NSi2+. The highest BCUT2D eigenvalue weighted by atomic mass is 28.4. The van der Waals surface area contributed by atoms with Gasteiger partial charge in [0.05, 0.1) is 0 Å². The van der Waals surface area contributed by atoms with Crippen LogP contribution in [-0.4, -0.2) is 16.5 Å². The van der Waals surface area contributed by atoms with Gasteiger partial charge in [0.25, 0.3) is 16.5 Å². The zero-order valence-corrected chi connectivity index (χ0v) is 9.50. The molecule has 0 aliphatic rings. The lowest BCUT2D eigenvalue weighted by Crippen LogP contribution is -3.07. The van der Waals surface area contributed by atoms with Gasteiger partial charge in [-0.05, 0) is 39.3 Å². The fourth-order valence-electron chi connectivity index (χ4n) is 1.12. The van der Waals surface area contributed by atoms with Gasteiger partial charge in [0.1, 0.15) is 0 Å². The van der Waals surface area contributed by atoms with Gasteiger partial charge in [-0.2, -0.15) is 0 Å². The first-order chi connectivity index (χ1) is 3.71. The number of hydrogen-bond acceptors (Lipinski definition) is 1. The smallest absolute Gasteiger partial charge is 0.300 e. The van der Waals surface area contributed by atoms with Crippen LogP contribution in [0.4, 0.5) is 0 Å². The largest absolute Gasteiger partial charge is 0.327 e. The Morgan fingerprint density at radius 3 is 0.889 bits per heavy atom. The van der Waals surface area contributed by atoms with Crippen LogP contribution < -0.4 is 4.65 Å². The van der Waals surface area contributed by atoms with Crippen LogP contribution in [0.5, 0.6) is 0 Å². The first-order valence-corrected chi connectivity index (χ1v) is 10.5. The molecular weight excluding hydrogens is 142 g/mol. The van der Waals surface area contributed by atoms with Crippen LogP contribution in [0.25, 0.3) is 0 Å². The van der Waals surface area contributed by atoms with Crippen LogP contribution in [0.1, 0.15) is 0 Å². The molecule has 1 N–H and O–H groups in total. The summed E-state index contributed by atoms with van der Waals surface area (Å²) in [6.07, 6.45) is 0. The van der Waals surface area contributed by atoms with Crippen LogP contribution in [0.15, 0.2) is 0 Å². The van der Waals surface area contributed by atoms with Crippen molar-refractivity contribution < 1.29 is 4.65 Å². The summed E-state index contributed by atoms with van der Waals surface area (Å²) in [5.74, 6) is 0. The van der Waals surface area contributed by atoms with Crippen LogP contribution >= 0.6 is 0 Å². The van der Waals surface area contributed by atoms with E-state index in [4.69, 9.17) is 0 Å². The van der Waals surface area contributed by atoms with Gasteiger partial charge >= 0.3 is 0 Å². The maximum absolute atomic E-state index is 3.74. The van der Waals surface area contributed by atoms with Crippen molar-refractivity contribution in [2.45, 2.75) is 39.3 Å². The minimum Gasteiger partial charge on any atom is -0.327 e. The molecule has 0 saturated heterocycles. The van der Waals surface area contributed by atoms with E-state index in [-0.39, 0.29) is 0 Å². The molecule has 0 amide bonds. The second-order valence-electron chi connectivity index (χ2n) is 4.62. The molecule has 3 heteroatoms. The Morgan fingerprint density at radius 2 is 0.889 bits per heavy atom. The Morgan fingerprint density at radius 1 is 0.667 bits per heavy atom. The van der Waals surface area contributed by atoms with Gasteiger partial charge in [-0.1, -0.05) is 0 Å². The molecule has 0 aromatic rings. The van der Waals surface area contributed by atoms with Crippen molar-refractivity contribution in [1.29, 1.82) is 0 Å². The summed E-state index contributed by atoms with van der Waals surface area (Å²) in [6, 6.07) is 0. The Bertz CT molecular complexity index is 76.2. The molecule has 0 aliphatic heterocycles. The standard InChI is InChI=1S/C6H19NSi2/c1-8(2,3)7-9(4,5)6/h7H,1-6H3/q+1. The summed E-state index contributed by atoms with van der Waals surface area (Å²) >= 11 is 0. The SMILES string of the molecule is C[Si](C)(C)[NH+][Si](C)(C)C. The third kappa shape index (κ3) is 8.39. The summed E-state index contributed by atoms with van der Waals surface area (Å²) in [4.78, 5) is 0. The Hall–Kier alpha value is 0.394. The van der Waals surface area contributed by atoms with Crippen LogP contribution in [-0.2, 0) is 0 Å². The molecule has 55 valence electrons. The Labute approximate surface area is 61.0 Å². The summed E-state index contributed by atoms with van der Waals surface area (Å²) < 4.78 is 3.74. The molecule has 1 radical (unpaired) electrons. The van der Waals surface area contributed by atoms with E-state index in [9.17, 15) is 0 Å². The number of rotatable bonds is 2. The normalized spacial score (nSPS) is 14.0. The zero-order valence-electron chi connectivity index (χ0n) is 7.50. The highest BCUT2D eigenvalue weighted by Gasteiger charge is 2.34. The van der Waals surface area contributed by atoms with Gasteiger partial charge < -0.3 is 4.65 Å². The van der Waals surface area contributed by atoms with Crippen molar-refractivity contribution in [1.82, 2.24) is 0 Å². The Balaban J connectivity index is 3.75. The van der Waals surface area contributed by atoms with Crippen LogP contribution in [0.2, 0.25) is 39.3 Å². The van der Waals surface area contributed by atoms with Crippen LogP contribution in [0.3, 0.4) is 0 Å². The van der Waals surface area contributed by atoms with E-state index in [2.05, 4.69) is 43.9 Å². The fourth-order valence-corrected chi connectivity index (χ4v) is 10.1. The zero-order chi connectivity index (χ0) is 7.71. The van der Waals surface area contributed by atoms with E-state index in [0.717, 1.165) is 0 Å².